The van der Waals surface area contributed by atoms with Crippen LogP contribution < -0.4 is 4.90 Å². The highest BCUT2D eigenvalue weighted by Crippen LogP contribution is 2.43. The fourth-order valence-corrected chi connectivity index (χ4v) is 7.55. The van der Waals surface area contributed by atoms with E-state index in [2.05, 4.69) is 185 Å². The largest absolute Gasteiger partial charge is 0.436 e. The van der Waals surface area contributed by atoms with Crippen LogP contribution in [-0.4, -0.2) is 9.55 Å². The van der Waals surface area contributed by atoms with Crippen LogP contribution >= 0.6 is 0 Å². The lowest BCUT2D eigenvalue weighted by molar-refractivity contribution is 0.620. The van der Waals surface area contributed by atoms with Gasteiger partial charge in [0.15, 0.2) is 5.58 Å². The monoisotopic (exact) mass is 679 g/mol. The third kappa shape index (κ3) is 5.45. The van der Waals surface area contributed by atoms with Crippen LogP contribution in [-0.2, 0) is 0 Å². The Labute approximate surface area is 307 Å². The van der Waals surface area contributed by atoms with E-state index in [1.54, 1.807) is 0 Å². The Hall–Kier alpha value is -7.17. The summed E-state index contributed by atoms with van der Waals surface area (Å²) in [4.78, 5) is 7.28. The van der Waals surface area contributed by atoms with Crippen molar-refractivity contribution in [2.24, 2.45) is 0 Å². The predicted octanol–water partition coefficient (Wildman–Crippen LogP) is 13.4. The summed E-state index contributed by atoms with van der Waals surface area (Å²) in [6.07, 6.45) is 0. The quantitative estimate of drug-likeness (QED) is 0.168. The molecule has 2 aromatic heterocycles. The number of rotatable bonds is 7. The molecule has 53 heavy (non-hydrogen) atoms. The van der Waals surface area contributed by atoms with Gasteiger partial charge in [-0.3, -0.25) is 0 Å². The van der Waals surface area contributed by atoms with Gasteiger partial charge in [0.1, 0.15) is 5.52 Å². The summed E-state index contributed by atoms with van der Waals surface area (Å²) in [6.45, 7) is 0. The molecule has 10 rings (SSSR count). The average molecular weight is 680 g/mol. The lowest BCUT2D eigenvalue weighted by Gasteiger charge is -2.26. The van der Waals surface area contributed by atoms with Crippen molar-refractivity contribution >= 4 is 50.0 Å². The summed E-state index contributed by atoms with van der Waals surface area (Å²) in [5, 5.41) is 2.23. The molecule has 0 saturated heterocycles. The third-order valence-electron chi connectivity index (χ3n) is 10.0. The number of nitrogens with zero attached hydrogens (tertiary/aromatic N) is 3. The molecule has 4 nitrogen and oxygen atoms in total. The number of aromatic nitrogens is 2. The van der Waals surface area contributed by atoms with Crippen molar-refractivity contribution in [3.8, 4) is 39.4 Å². The van der Waals surface area contributed by atoms with Crippen molar-refractivity contribution in [2.45, 2.75) is 0 Å². The Bertz CT molecular complexity index is 2840. The maximum atomic E-state index is 6.36. The normalized spacial score (nSPS) is 11.4. The molecule has 0 bridgehead atoms. The molecule has 0 spiro atoms. The summed E-state index contributed by atoms with van der Waals surface area (Å²) in [5.41, 5.74) is 13.8. The Morgan fingerprint density at radius 3 is 1.79 bits per heavy atom. The Kier molecular flexibility index (Phi) is 7.43. The van der Waals surface area contributed by atoms with Gasteiger partial charge in [-0.1, -0.05) is 127 Å². The molecule has 0 aliphatic carbocycles. The third-order valence-corrected chi connectivity index (χ3v) is 10.0. The smallest absolute Gasteiger partial charge is 0.228 e. The van der Waals surface area contributed by atoms with E-state index in [-0.39, 0.29) is 0 Å². The van der Waals surface area contributed by atoms with Crippen molar-refractivity contribution in [2.75, 3.05) is 4.90 Å². The maximum Gasteiger partial charge on any atom is 0.228 e. The van der Waals surface area contributed by atoms with Crippen LogP contribution in [0.1, 0.15) is 0 Å². The first kappa shape index (κ1) is 30.6. The van der Waals surface area contributed by atoms with E-state index in [1.807, 2.05) is 24.3 Å². The molecule has 10 aromatic rings. The second-order valence-corrected chi connectivity index (χ2v) is 13.2. The molecule has 0 fully saturated rings. The molecule has 250 valence electrons. The molecule has 4 heteroatoms. The standard InChI is InChI=1S/C49H33N3O/c1-4-14-34(15-5-1)36-26-28-39(29-27-36)51(40-21-12-18-37(32-40)35-16-6-2-7-17-35)41-30-31-42-46(33-41)52(38-19-8-3-9-20-38)45-24-13-22-43(48(42)45)49-50-44-23-10-11-25-47(44)53-49/h1-33H. The van der Waals surface area contributed by atoms with Gasteiger partial charge in [-0.05, 0) is 95.1 Å². The zero-order valence-electron chi connectivity index (χ0n) is 28.8. The molecule has 0 radical (unpaired) electrons. The predicted molar refractivity (Wildman–Crippen MR) is 219 cm³/mol. The van der Waals surface area contributed by atoms with Crippen LogP contribution in [0.3, 0.4) is 0 Å². The SMILES string of the molecule is c1ccc(-c2ccc(N(c3cccc(-c4ccccc4)c3)c3ccc4c5c(-c6nc7ccccc7o6)cccc5n(-c5ccccc5)c4c3)cc2)cc1. The van der Waals surface area contributed by atoms with E-state index in [4.69, 9.17) is 9.40 Å². The molecule has 0 saturated carbocycles. The van der Waals surface area contributed by atoms with Crippen LogP contribution in [0.4, 0.5) is 17.1 Å². The molecule has 2 heterocycles. The van der Waals surface area contributed by atoms with Gasteiger partial charge in [-0.25, -0.2) is 4.98 Å². The lowest BCUT2D eigenvalue weighted by atomic mass is 10.0. The number of hydrogen-bond donors (Lipinski definition) is 0. The van der Waals surface area contributed by atoms with Gasteiger partial charge in [0.05, 0.1) is 11.0 Å². The molecule has 8 aromatic carbocycles. The van der Waals surface area contributed by atoms with Crippen LogP contribution in [0.2, 0.25) is 0 Å². The highest BCUT2D eigenvalue weighted by Gasteiger charge is 2.21. The summed E-state index contributed by atoms with van der Waals surface area (Å²) in [5.74, 6) is 0.617. The highest BCUT2D eigenvalue weighted by molar-refractivity contribution is 6.16. The van der Waals surface area contributed by atoms with E-state index in [0.717, 1.165) is 66.8 Å². The van der Waals surface area contributed by atoms with Gasteiger partial charge in [0.2, 0.25) is 5.89 Å². The van der Waals surface area contributed by atoms with Crippen molar-refractivity contribution in [3.63, 3.8) is 0 Å². The summed E-state index contributed by atoms with van der Waals surface area (Å²) in [6, 6.07) is 70.5. The zero-order chi connectivity index (χ0) is 35.1. The Morgan fingerprint density at radius 2 is 1.04 bits per heavy atom. The number of para-hydroxylation sites is 3. The van der Waals surface area contributed by atoms with E-state index in [9.17, 15) is 0 Å². The molecule has 0 unspecified atom stereocenters. The molecular formula is C49H33N3O. The summed E-state index contributed by atoms with van der Waals surface area (Å²) < 4.78 is 8.72. The number of anilines is 3. The first-order valence-electron chi connectivity index (χ1n) is 17.9. The topological polar surface area (TPSA) is 34.2 Å². The number of hydrogen-bond acceptors (Lipinski definition) is 3. The van der Waals surface area contributed by atoms with E-state index < -0.39 is 0 Å². The van der Waals surface area contributed by atoms with Crippen LogP contribution in [0.25, 0.3) is 72.3 Å². The first-order valence-corrected chi connectivity index (χ1v) is 17.9. The molecule has 0 aliphatic rings. The summed E-state index contributed by atoms with van der Waals surface area (Å²) in [7, 11) is 0. The Balaban J connectivity index is 1.20. The van der Waals surface area contributed by atoms with Crippen molar-refractivity contribution in [1.29, 1.82) is 0 Å². The minimum atomic E-state index is 0.617. The van der Waals surface area contributed by atoms with Gasteiger partial charge in [0.25, 0.3) is 0 Å². The lowest BCUT2D eigenvalue weighted by Crippen LogP contribution is -2.10. The van der Waals surface area contributed by atoms with Crippen LogP contribution in [0.15, 0.2) is 205 Å². The minimum absolute atomic E-state index is 0.617. The zero-order valence-corrected chi connectivity index (χ0v) is 28.8. The second-order valence-electron chi connectivity index (χ2n) is 13.2. The second kappa shape index (κ2) is 12.9. The molecule has 0 aliphatic heterocycles. The fraction of sp³-hybridized carbons (Fsp3) is 0. The van der Waals surface area contributed by atoms with E-state index in [1.165, 1.54) is 16.7 Å². The summed E-state index contributed by atoms with van der Waals surface area (Å²) >= 11 is 0. The van der Waals surface area contributed by atoms with Gasteiger partial charge in [-0.15, -0.1) is 0 Å². The van der Waals surface area contributed by atoms with Gasteiger partial charge in [0, 0.05) is 39.1 Å². The van der Waals surface area contributed by atoms with Crippen molar-refractivity contribution in [1.82, 2.24) is 9.55 Å². The highest BCUT2D eigenvalue weighted by atomic mass is 16.3. The molecular weight excluding hydrogens is 647 g/mol. The van der Waals surface area contributed by atoms with Gasteiger partial charge >= 0.3 is 0 Å². The number of fused-ring (bicyclic) bond motifs is 4. The molecule has 0 amide bonds. The van der Waals surface area contributed by atoms with E-state index >= 15 is 0 Å². The Morgan fingerprint density at radius 1 is 0.434 bits per heavy atom. The fourth-order valence-electron chi connectivity index (χ4n) is 7.55. The van der Waals surface area contributed by atoms with E-state index in [0.29, 0.717) is 5.89 Å². The minimum Gasteiger partial charge on any atom is -0.436 e. The van der Waals surface area contributed by atoms with Gasteiger partial charge < -0.3 is 13.9 Å². The number of benzene rings is 8. The molecule has 0 N–H and O–H groups in total. The van der Waals surface area contributed by atoms with Crippen molar-refractivity contribution < 1.29 is 4.42 Å². The van der Waals surface area contributed by atoms with Gasteiger partial charge in [-0.2, -0.15) is 0 Å². The maximum absolute atomic E-state index is 6.36. The van der Waals surface area contributed by atoms with Crippen molar-refractivity contribution in [3.05, 3.63) is 200 Å². The number of oxazole rings is 1. The molecule has 0 atom stereocenters. The average Bonchev–Trinajstić information content (AvgIpc) is 3.82. The first-order chi connectivity index (χ1) is 26.3. The van der Waals surface area contributed by atoms with Crippen LogP contribution in [0, 0.1) is 0 Å². The van der Waals surface area contributed by atoms with Crippen LogP contribution in [0.5, 0.6) is 0 Å².